The maximum atomic E-state index is 13.0. The maximum Gasteiger partial charge on any atom is 0.338 e. The van der Waals surface area contributed by atoms with Gasteiger partial charge in [0.25, 0.3) is 0 Å². The Labute approximate surface area is 143 Å². The summed E-state index contributed by atoms with van der Waals surface area (Å²) in [6.45, 7) is 1.49. The lowest BCUT2D eigenvalue weighted by Crippen LogP contribution is -2.36. The summed E-state index contributed by atoms with van der Waals surface area (Å²) in [7, 11) is 0. The number of carbonyl (C=O) groups excluding carboxylic acids is 1. The molecule has 1 fully saturated rings. The highest BCUT2D eigenvalue weighted by atomic mass is 16.6. The molecule has 3 unspecified atom stereocenters. The molecular formula is C18H10N2O6. The average molecular weight is 350 g/mol. The summed E-state index contributed by atoms with van der Waals surface area (Å²) < 4.78 is 5.31. The van der Waals surface area contributed by atoms with Crippen LogP contribution < -0.4 is 16.2 Å². The standard InChI is InChI=1S/C18H10N2O6/c1-18-16(25)11-9(15(24)17(18)26-18)8-10(12(11)20-19)14(23)7-5(13(8)22)3-2-4-6(7)21/h2-4,15,17,21,24H,1H3. The predicted octanol–water partition coefficient (Wildman–Crippen LogP) is -0.616. The topological polar surface area (TPSA) is 141 Å². The largest absolute Gasteiger partial charge is 0.507 e. The number of hydrogen-bond donors (Lipinski definition) is 2. The van der Waals surface area contributed by atoms with Crippen LogP contribution in [0, 0.1) is 10.4 Å². The number of phenols is 1. The van der Waals surface area contributed by atoms with E-state index in [1.807, 2.05) is 0 Å². The summed E-state index contributed by atoms with van der Waals surface area (Å²) in [4.78, 5) is 41.8. The Morgan fingerprint density at radius 1 is 1.19 bits per heavy atom. The van der Waals surface area contributed by atoms with Crippen molar-refractivity contribution in [3.05, 3.63) is 71.1 Å². The summed E-state index contributed by atoms with van der Waals surface area (Å²) in [6, 6.07) is 4.06. The number of phenolic OH excluding ortho intramolecular Hbond substituents is 1. The van der Waals surface area contributed by atoms with Crippen LogP contribution in [0.3, 0.4) is 0 Å². The van der Waals surface area contributed by atoms with E-state index in [1.165, 1.54) is 25.1 Å². The summed E-state index contributed by atoms with van der Waals surface area (Å²) in [5.74, 6) is -0.946. The van der Waals surface area contributed by atoms with Gasteiger partial charge in [-0.1, -0.05) is 12.1 Å². The molecule has 1 heterocycles. The van der Waals surface area contributed by atoms with Crippen molar-refractivity contribution in [3.63, 3.8) is 0 Å². The molecule has 8 heteroatoms. The van der Waals surface area contributed by atoms with Gasteiger partial charge in [-0.3, -0.25) is 14.4 Å². The van der Waals surface area contributed by atoms with Gasteiger partial charge < -0.3 is 20.5 Å². The zero-order valence-corrected chi connectivity index (χ0v) is 13.3. The lowest BCUT2D eigenvalue weighted by Gasteiger charge is -2.16. The monoisotopic (exact) mass is 350 g/mol. The second-order valence-electron chi connectivity index (χ2n) is 6.76. The summed E-state index contributed by atoms with van der Waals surface area (Å²) in [5, 5.41) is 19.6. The number of epoxide rings is 1. The molecule has 5 rings (SSSR count). The minimum absolute atomic E-state index is 0.0375. The van der Waals surface area contributed by atoms with E-state index in [0.717, 1.165) is 0 Å². The number of carbonyl (C=O) groups is 1. The average Bonchev–Trinajstić information content (AvgIpc) is 3.20. The predicted molar refractivity (Wildman–Crippen MR) is 85.1 cm³/mol. The van der Waals surface area contributed by atoms with E-state index < -0.39 is 34.4 Å². The van der Waals surface area contributed by atoms with Gasteiger partial charge in [0, 0.05) is 16.2 Å². The fourth-order valence-electron chi connectivity index (χ4n) is 4.12. The molecule has 3 aliphatic carbocycles. The number of ketones is 1. The number of aliphatic hydroxyl groups excluding tert-OH is 1. The molecule has 3 atom stereocenters. The van der Waals surface area contributed by atoms with Crippen LogP contribution in [0.15, 0.2) is 27.8 Å². The minimum atomic E-state index is -1.31. The highest BCUT2D eigenvalue weighted by Gasteiger charge is 2.67. The number of rotatable bonds is 0. The highest BCUT2D eigenvalue weighted by Crippen LogP contribution is 2.50. The number of nitrogens with zero attached hydrogens (tertiary/aromatic N) is 2. The van der Waals surface area contributed by atoms with Crippen LogP contribution in [0.25, 0.3) is 16.3 Å². The first-order valence-corrected chi connectivity index (χ1v) is 7.86. The van der Waals surface area contributed by atoms with Crippen molar-refractivity contribution in [3.8, 4) is 5.75 Å². The first kappa shape index (κ1) is 15.1. The molecule has 0 amide bonds. The molecule has 0 radical (unpaired) electrons. The normalized spacial score (nSPS) is 26.6. The van der Waals surface area contributed by atoms with Gasteiger partial charge in [0.05, 0.1) is 5.39 Å². The Balaban J connectivity index is 2.18. The fraction of sp³-hybridized carbons (Fsp3) is 0.222. The van der Waals surface area contributed by atoms with Crippen molar-refractivity contribution in [1.29, 1.82) is 0 Å². The number of aromatic hydroxyl groups is 1. The van der Waals surface area contributed by atoms with Crippen LogP contribution in [0.1, 0.15) is 28.9 Å². The van der Waals surface area contributed by atoms with Crippen LogP contribution in [0.2, 0.25) is 0 Å². The molecule has 1 aliphatic heterocycles. The smallest absolute Gasteiger partial charge is 0.338 e. The molecular weight excluding hydrogens is 340 g/mol. The Morgan fingerprint density at radius 3 is 2.62 bits per heavy atom. The number of Topliss-reactive ketones (excluding diaryl/α,β-unsaturated/α-hetero) is 1. The summed E-state index contributed by atoms with van der Waals surface area (Å²) in [5.41, 5.74) is 6.59. The number of hydrogen-bond acceptors (Lipinski definition) is 6. The van der Waals surface area contributed by atoms with Crippen LogP contribution in [0.5, 0.6) is 5.75 Å². The van der Waals surface area contributed by atoms with Gasteiger partial charge in [-0.25, -0.2) is 0 Å². The molecule has 1 saturated heterocycles. The van der Waals surface area contributed by atoms with Crippen molar-refractivity contribution in [2.45, 2.75) is 24.7 Å². The third-order valence-electron chi connectivity index (χ3n) is 5.45. The van der Waals surface area contributed by atoms with E-state index in [2.05, 4.69) is 4.79 Å². The van der Waals surface area contributed by atoms with Gasteiger partial charge in [0.2, 0.25) is 11.2 Å². The second kappa shape index (κ2) is 4.31. The third kappa shape index (κ3) is 1.42. The first-order chi connectivity index (χ1) is 12.3. The highest BCUT2D eigenvalue weighted by molar-refractivity contribution is 6.07. The van der Waals surface area contributed by atoms with E-state index >= 15 is 0 Å². The van der Waals surface area contributed by atoms with Crippen LogP contribution in [-0.4, -0.2) is 32.5 Å². The van der Waals surface area contributed by atoms with Crippen LogP contribution in [-0.2, 0) is 4.74 Å². The molecule has 2 N–H and O–H groups in total. The van der Waals surface area contributed by atoms with Crippen molar-refractivity contribution in [1.82, 2.24) is 0 Å². The molecule has 0 aromatic heterocycles. The molecule has 1 aromatic carbocycles. The van der Waals surface area contributed by atoms with Gasteiger partial charge in [-0.2, -0.15) is 4.79 Å². The Morgan fingerprint density at radius 2 is 1.92 bits per heavy atom. The van der Waals surface area contributed by atoms with Crippen molar-refractivity contribution < 1.29 is 24.5 Å². The third-order valence-corrected chi connectivity index (χ3v) is 5.45. The zero-order valence-electron chi connectivity index (χ0n) is 13.3. The number of fused-ring (bicyclic) bond motifs is 4. The van der Waals surface area contributed by atoms with Gasteiger partial charge in [-0.05, 0) is 13.0 Å². The molecule has 128 valence electrons. The van der Waals surface area contributed by atoms with E-state index in [0.29, 0.717) is 0 Å². The molecule has 8 nitrogen and oxygen atoms in total. The molecule has 0 spiro atoms. The molecule has 0 bridgehead atoms. The van der Waals surface area contributed by atoms with Gasteiger partial charge in [0.1, 0.15) is 28.7 Å². The summed E-state index contributed by atoms with van der Waals surface area (Å²) in [6.07, 6.45) is -2.14. The molecule has 1 aromatic rings. The van der Waals surface area contributed by atoms with Crippen molar-refractivity contribution >= 4 is 16.6 Å². The van der Waals surface area contributed by atoms with Crippen LogP contribution >= 0.6 is 0 Å². The van der Waals surface area contributed by atoms with Gasteiger partial charge >= 0.3 is 5.36 Å². The Hall–Kier alpha value is -3.19. The van der Waals surface area contributed by atoms with Crippen LogP contribution in [0.4, 0.5) is 0 Å². The Bertz CT molecular complexity index is 1430. The number of ether oxygens (including phenoxy) is 1. The lowest BCUT2D eigenvalue weighted by atomic mass is 9.83. The van der Waals surface area contributed by atoms with E-state index in [1.54, 1.807) is 0 Å². The first-order valence-electron chi connectivity index (χ1n) is 7.86. The van der Waals surface area contributed by atoms with Gasteiger partial charge in [0.15, 0.2) is 11.0 Å². The fourth-order valence-corrected chi connectivity index (χ4v) is 4.12. The Kier molecular flexibility index (Phi) is 2.50. The number of benzene rings is 1. The van der Waals surface area contributed by atoms with E-state index in [9.17, 15) is 30.1 Å². The summed E-state index contributed by atoms with van der Waals surface area (Å²) >= 11 is 0. The second-order valence-corrected chi connectivity index (χ2v) is 6.76. The maximum absolute atomic E-state index is 13.0. The van der Waals surface area contributed by atoms with Crippen molar-refractivity contribution in [2.75, 3.05) is 0 Å². The molecule has 0 saturated carbocycles. The zero-order chi connectivity index (χ0) is 18.5. The lowest BCUT2D eigenvalue weighted by molar-refractivity contribution is -0.0668. The molecule has 26 heavy (non-hydrogen) atoms. The number of aliphatic hydroxyl groups is 1. The van der Waals surface area contributed by atoms with Gasteiger partial charge in [-0.15, -0.1) is 0 Å². The minimum Gasteiger partial charge on any atom is -0.507 e. The van der Waals surface area contributed by atoms with E-state index in [4.69, 9.17) is 4.74 Å². The SMILES string of the molecule is CC12OC1C(O)c1c(c(=[N+]=[N-])c3c(=O)c4c(O)cccc4c(=O)c1=3)C2=O. The van der Waals surface area contributed by atoms with E-state index in [-0.39, 0.29) is 43.4 Å². The molecule has 4 aliphatic rings. The quantitative estimate of drug-likeness (QED) is 0.315. The van der Waals surface area contributed by atoms with Crippen molar-refractivity contribution in [2.24, 2.45) is 0 Å².